The van der Waals surface area contributed by atoms with Crippen LogP contribution >= 0.6 is 0 Å². The first kappa shape index (κ1) is 15.7. The Morgan fingerprint density at radius 3 is 2.50 bits per heavy atom. The normalized spacial score (nSPS) is 12.1. The molecule has 1 aromatic carbocycles. The molecule has 0 aliphatic carbocycles. The average Bonchev–Trinajstić information content (AvgIpc) is 2.45. The lowest BCUT2D eigenvalue weighted by Crippen LogP contribution is -2.43. The molecule has 1 heterocycles. The Morgan fingerprint density at radius 2 is 1.86 bits per heavy atom. The van der Waals surface area contributed by atoms with Crippen LogP contribution in [0.3, 0.4) is 0 Å². The first-order valence-electron chi connectivity index (χ1n) is 6.97. The zero-order valence-corrected chi connectivity index (χ0v) is 12.4. The molecule has 0 aliphatic heterocycles. The van der Waals surface area contributed by atoms with Crippen LogP contribution in [0.1, 0.15) is 20.3 Å². The van der Waals surface area contributed by atoms with Gasteiger partial charge in [-0.15, -0.1) is 0 Å². The molecule has 1 unspecified atom stereocenters. The summed E-state index contributed by atoms with van der Waals surface area (Å²) in [5, 5.41) is 14.2. The first-order chi connectivity index (χ1) is 10.5. The van der Waals surface area contributed by atoms with Gasteiger partial charge < -0.3 is 15.7 Å². The van der Waals surface area contributed by atoms with Gasteiger partial charge in [-0.2, -0.15) is 0 Å². The predicted molar refractivity (Wildman–Crippen MR) is 82.6 cm³/mol. The standard InChI is InChI=1S/C15H18N4O3/c1-9(2)7-13(14(20)21)19-15(22)18-10-3-4-11-12(8-10)17-6-5-16-11/h3-6,8-9,13H,7H2,1-2H3,(H,20,21)(H2,18,19,22). The molecule has 0 bridgehead atoms. The van der Waals surface area contributed by atoms with Gasteiger partial charge in [-0.05, 0) is 30.5 Å². The molecule has 2 amide bonds. The van der Waals surface area contributed by atoms with Gasteiger partial charge in [0.15, 0.2) is 0 Å². The number of hydrogen-bond acceptors (Lipinski definition) is 4. The summed E-state index contributed by atoms with van der Waals surface area (Å²) in [7, 11) is 0. The Bertz CT molecular complexity index is 687. The summed E-state index contributed by atoms with van der Waals surface area (Å²) in [4.78, 5) is 31.3. The van der Waals surface area contributed by atoms with Crippen LogP contribution in [0.2, 0.25) is 0 Å². The molecule has 0 radical (unpaired) electrons. The maximum absolute atomic E-state index is 11.9. The first-order valence-corrected chi connectivity index (χ1v) is 6.97. The quantitative estimate of drug-likeness (QED) is 0.785. The van der Waals surface area contributed by atoms with Crippen molar-refractivity contribution in [2.24, 2.45) is 5.92 Å². The second-order valence-electron chi connectivity index (χ2n) is 5.38. The van der Waals surface area contributed by atoms with E-state index in [0.29, 0.717) is 17.6 Å². The molecule has 116 valence electrons. The van der Waals surface area contributed by atoms with Crippen molar-refractivity contribution >= 4 is 28.7 Å². The van der Waals surface area contributed by atoms with E-state index in [-0.39, 0.29) is 5.92 Å². The van der Waals surface area contributed by atoms with Crippen molar-refractivity contribution in [3.05, 3.63) is 30.6 Å². The number of carboxylic acids is 1. The minimum atomic E-state index is -1.05. The maximum Gasteiger partial charge on any atom is 0.326 e. The fourth-order valence-electron chi connectivity index (χ4n) is 2.06. The van der Waals surface area contributed by atoms with Gasteiger partial charge in [-0.1, -0.05) is 13.8 Å². The molecular weight excluding hydrogens is 284 g/mol. The molecule has 7 heteroatoms. The van der Waals surface area contributed by atoms with Crippen LogP contribution in [0.25, 0.3) is 11.0 Å². The van der Waals surface area contributed by atoms with E-state index >= 15 is 0 Å². The Balaban J connectivity index is 2.04. The zero-order valence-electron chi connectivity index (χ0n) is 12.4. The van der Waals surface area contributed by atoms with Crippen molar-refractivity contribution in [1.29, 1.82) is 0 Å². The highest BCUT2D eigenvalue weighted by molar-refractivity contribution is 5.93. The predicted octanol–water partition coefficient (Wildman–Crippen LogP) is 2.25. The summed E-state index contributed by atoms with van der Waals surface area (Å²) in [6.07, 6.45) is 3.52. The number of aromatic nitrogens is 2. The van der Waals surface area contributed by atoms with Gasteiger partial charge >= 0.3 is 12.0 Å². The van der Waals surface area contributed by atoms with Gasteiger partial charge in [0, 0.05) is 18.1 Å². The lowest BCUT2D eigenvalue weighted by Gasteiger charge is -2.17. The number of benzene rings is 1. The third kappa shape index (κ3) is 4.15. The Morgan fingerprint density at radius 1 is 1.18 bits per heavy atom. The Hall–Kier alpha value is -2.70. The lowest BCUT2D eigenvalue weighted by atomic mass is 10.0. The number of carbonyl (C=O) groups excluding carboxylic acids is 1. The van der Waals surface area contributed by atoms with Gasteiger partial charge in [0.25, 0.3) is 0 Å². The number of nitrogens with zero attached hydrogens (tertiary/aromatic N) is 2. The largest absolute Gasteiger partial charge is 0.480 e. The van der Waals surface area contributed by atoms with Crippen LogP contribution in [0.5, 0.6) is 0 Å². The molecule has 2 aromatic rings. The molecule has 0 spiro atoms. The number of nitrogens with one attached hydrogen (secondary N) is 2. The van der Waals surface area contributed by atoms with Gasteiger partial charge in [-0.25, -0.2) is 9.59 Å². The molecule has 7 nitrogen and oxygen atoms in total. The Labute approximate surface area is 127 Å². The second-order valence-corrected chi connectivity index (χ2v) is 5.38. The summed E-state index contributed by atoms with van der Waals surface area (Å²) in [5.41, 5.74) is 1.90. The third-order valence-corrected chi connectivity index (χ3v) is 3.04. The van der Waals surface area contributed by atoms with Gasteiger partial charge in [0.05, 0.1) is 11.0 Å². The molecule has 0 fully saturated rings. The van der Waals surface area contributed by atoms with Crippen LogP contribution in [-0.4, -0.2) is 33.1 Å². The van der Waals surface area contributed by atoms with Gasteiger partial charge in [0.1, 0.15) is 6.04 Å². The highest BCUT2D eigenvalue weighted by atomic mass is 16.4. The monoisotopic (exact) mass is 302 g/mol. The molecule has 2 rings (SSSR count). The summed E-state index contributed by atoms with van der Waals surface area (Å²) in [6.45, 7) is 3.80. The number of anilines is 1. The van der Waals surface area contributed by atoms with Crippen LogP contribution in [0, 0.1) is 5.92 Å². The van der Waals surface area contributed by atoms with Crippen LogP contribution < -0.4 is 10.6 Å². The number of aliphatic carboxylic acids is 1. The lowest BCUT2D eigenvalue weighted by molar-refractivity contribution is -0.139. The van der Waals surface area contributed by atoms with E-state index in [1.165, 1.54) is 0 Å². The molecule has 0 aliphatic rings. The number of amides is 2. The fraction of sp³-hybridized carbons (Fsp3) is 0.333. The SMILES string of the molecule is CC(C)CC(NC(=O)Nc1ccc2nccnc2c1)C(=O)O. The molecule has 0 saturated carbocycles. The molecule has 1 aromatic heterocycles. The van der Waals surface area contributed by atoms with E-state index in [0.717, 1.165) is 5.52 Å². The van der Waals surface area contributed by atoms with E-state index in [1.807, 2.05) is 13.8 Å². The molecular formula is C15H18N4O3. The summed E-state index contributed by atoms with van der Waals surface area (Å²) >= 11 is 0. The number of urea groups is 1. The topological polar surface area (TPSA) is 104 Å². The zero-order chi connectivity index (χ0) is 16.1. The van der Waals surface area contributed by atoms with Crippen molar-refractivity contribution in [3.8, 4) is 0 Å². The number of fused-ring (bicyclic) bond motifs is 1. The molecule has 0 saturated heterocycles. The molecule has 3 N–H and O–H groups in total. The van der Waals surface area contributed by atoms with Crippen LogP contribution in [0.4, 0.5) is 10.5 Å². The third-order valence-electron chi connectivity index (χ3n) is 3.04. The summed E-state index contributed by atoms with van der Waals surface area (Å²) < 4.78 is 0. The van der Waals surface area contributed by atoms with Gasteiger partial charge in [0.2, 0.25) is 0 Å². The van der Waals surface area contributed by atoms with Crippen molar-refractivity contribution < 1.29 is 14.7 Å². The van der Waals surface area contributed by atoms with Crippen molar-refractivity contribution in [2.75, 3.05) is 5.32 Å². The second kappa shape index (κ2) is 6.84. The summed E-state index contributed by atoms with van der Waals surface area (Å²) in [5.74, 6) is -0.884. The number of carbonyl (C=O) groups is 2. The maximum atomic E-state index is 11.9. The minimum absolute atomic E-state index is 0.164. The summed E-state index contributed by atoms with van der Waals surface area (Å²) in [6, 6.07) is 3.63. The van der Waals surface area contributed by atoms with Crippen LogP contribution in [0.15, 0.2) is 30.6 Å². The van der Waals surface area contributed by atoms with Gasteiger partial charge in [-0.3, -0.25) is 9.97 Å². The van der Waals surface area contributed by atoms with Crippen molar-refractivity contribution in [3.63, 3.8) is 0 Å². The van der Waals surface area contributed by atoms with E-state index in [9.17, 15) is 9.59 Å². The minimum Gasteiger partial charge on any atom is -0.480 e. The Kier molecular flexibility index (Phi) is 4.88. The van der Waals surface area contributed by atoms with Crippen molar-refractivity contribution in [1.82, 2.24) is 15.3 Å². The number of hydrogen-bond donors (Lipinski definition) is 3. The van der Waals surface area contributed by atoms with Crippen molar-refractivity contribution in [2.45, 2.75) is 26.3 Å². The highest BCUT2D eigenvalue weighted by Crippen LogP contribution is 2.15. The molecule has 1 atom stereocenters. The smallest absolute Gasteiger partial charge is 0.326 e. The molecule has 22 heavy (non-hydrogen) atoms. The van der Waals surface area contributed by atoms with E-state index in [1.54, 1.807) is 30.6 Å². The average molecular weight is 302 g/mol. The van der Waals surface area contributed by atoms with E-state index in [4.69, 9.17) is 5.11 Å². The van der Waals surface area contributed by atoms with Crippen LogP contribution in [-0.2, 0) is 4.79 Å². The fourth-order valence-corrected chi connectivity index (χ4v) is 2.06. The van der Waals surface area contributed by atoms with E-state index in [2.05, 4.69) is 20.6 Å². The number of rotatable bonds is 5. The van der Waals surface area contributed by atoms with E-state index < -0.39 is 18.0 Å². The highest BCUT2D eigenvalue weighted by Gasteiger charge is 2.21. The number of carboxylic acid groups (broad SMARTS) is 1.